The Bertz CT molecular complexity index is 212. The maximum absolute atomic E-state index is 5.74. The van der Waals surface area contributed by atoms with Crippen LogP contribution in [0.4, 0.5) is 0 Å². The number of thiophene rings is 1. The highest BCUT2D eigenvalue weighted by atomic mass is 32.1. The Hall–Kier alpha value is -0.340. The molecule has 2 heteroatoms. The lowest BCUT2D eigenvalue weighted by atomic mass is 9.82. The zero-order chi connectivity index (χ0) is 9.03. The third kappa shape index (κ3) is 2.32. The molecule has 0 aromatic carbocycles. The Morgan fingerprint density at radius 2 is 2.33 bits per heavy atom. The number of rotatable bonds is 4. The van der Waals surface area contributed by atoms with Gasteiger partial charge >= 0.3 is 0 Å². The van der Waals surface area contributed by atoms with Gasteiger partial charge in [0, 0.05) is 0 Å². The fourth-order valence-electron chi connectivity index (χ4n) is 1.23. The molecule has 1 aromatic heterocycles. The molecule has 2 N–H and O–H groups in total. The van der Waals surface area contributed by atoms with Crippen LogP contribution in [-0.2, 0) is 6.42 Å². The maximum atomic E-state index is 5.74. The van der Waals surface area contributed by atoms with Crippen LogP contribution in [0.1, 0.15) is 25.8 Å². The smallest absolute Gasteiger partial charge is 0.00201 e. The SMILES string of the molecule is CCC(C)(CN)Cc1ccsc1. The van der Waals surface area contributed by atoms with Gasteiger partial charge in [-0.15, -0.1) is 0 Å². The second kappa shape index (κ2) is 4.06. The van der Waals surface area contributed by atoms with Crippen LogP contribution < -0.4 is 5.73 Å². The van der Waals surface area contributed by atoms with Crippen molar-refractivity contribution in [3.8, 4) is 0 Å². The lowest BCUT2D eigenvalue weighted by Crippen LogP contribution is -2.28. The second-order valence-electron chi connectivity index (χ2n) is 3.68. The Kier molecular flexibility index (Phi) is 3.29. The van der Waals surface area contributed by atoms with Crippen LogP contribution in [0.5, 0.6) is 0 Å². The van der Waals surface area contributed by atoms with Crippen LogP contribution in [-0.4, -0.2) is 6.54 Å². The first-order valence-corrected chi connectivity index (χ1v) is 5.35. The van der Waals surface area contributed by atoms with E-state index >= 15 is 0 Å². The van der Waals surface area contributed by atoms with Crippen LogP contribution in [0.3, 0.4) is 0 Å². The lowest BCUT2D eigenvalue weighted by Gasteiger charge is -2.25. The minimum atomic E-state index is 0.293. The highest BCUT2D eigenvalue weighted by Crippen LogP contribution is 2.25. The Morgan fingerprint density at radius 3 is 2.75 bits per heavy atom. The van der Waals surface area contributed by atoms with Crippen molar-refractivity contribution < 1.29 is 0 Å². The van der Waals surface area contributed by atoms with Gasteiger partial charge in [-0.1, -0.05) is 13.8 Å². The van der Waals surface area contributed by atoms with Gasteiger partial charge in [0.2, 0.25) is 0 Å². The van der Waals surface area contributed by atoms with Gasteiger partial charge in [0.15, 0.2) is 0 Å². The predicted molar refractivity (Wildman–Crippen MR) is 55.5 cm³/mol. The zero-order valence-corrected chi connectivity index (χ0v) is 8.66. The number of hydrogen-bond donors (Lipinski definition) is 1. The quantitative estimate of drug-likeness (QED) is 0.763. The Morgan fingerprint density at radius 1 is 1.58 bits per heavy atom. The topological polar surface area (TPSA) is 26.0 Å². The lowest BCUT2D eigenvalue weighted by molar-refractivity contribution is 0.321. The highest BCUT2D eigenvalue weighted by Gasteiger charge is 2.20. The molecule has 0 bridgehead atoms. The fraction of sp³-hybridized carbons (Fsp3) is 0.600. The largest absolute Gasteiger partial charge is 0.330 e. The van der Waals surface area contributed by atoms with Crippen molar-refractivity contribution >= 4 is 11.3 Å². The van der Waals surface area contributed by atoms with E-state index in [1.165, 1.54) is 5.56 Å². The van der Waals surface area contributed by atoms with Crippen molar-refractivity contribution in [1.29, 1.82) is 0 Å². The molecule has 12 heavy (non-hydrogen) atoms. The molecule has 0 saturated carbocycles. The fourth-order valence-corrected chi connectivity index (χ4v) is 1.90. The van der Waals surface area contributed by atoms with E-state index in [4.69, 9.17) is 5.73 Å². The average Bonchev–Trinajstić information content (AvgIpc) is 2.57. The van der Waals surface area contributed by atoms with E-state index in [1.807, 2.05) is 0 Å². The normalized spacial score (nSPS) is 15.9. The molecule has 1 atom stereocenters. The molecule has 1 rings (SSSR count). The first-order chi connectivity index (χ1) is 5.70. The van der Waals surface area contributed by atoms with E-state index in [2.05, 4.69) is 30.7 Å². The second-order valence-corrected chi connectivity index (χ2v) is 4.46. The molecule has 1 nitrogen and oxygen atoms in total. The van der Waals surface area contributed by atoms with E-state index in [-0.39, 0.29) is 0 Å². The first-order valence-electron chi connectivity index (χ1n) is 4.41. The van der Waals surface area contributed by atoms with Crippen LogP contribution in [0.25, 0.3) is 0 Å². The molecule has 1 unspecified atom stereocenters. The summed E-state index contributed by atoms with van der Waals surface area (Å²) in [6.45, 7) is 5.24. The highest BCUT2D eigenvalue weighted by molar-refractivity contribution is 7.07. The molecule has 68 valence electrons. The van der Waals surface area contributed by atoms with Crippen molar-refractivity contribution in [2.75, 3.05) is 6.54 Å². The van der Waals surface area contributed by atoms with E-state index in [9.17, 15) is 0 Å². The van der Waals surface area contributed by atoms with Crippen molar-refractivity contribution in [3.63, 3.8) is 0 Å². The monoisotopic (exact) mass is 183 g/mol. The third-order valence-electron chi connectivity index (χ3n) is 2.56. The van der Waals surface area contributed by atoms with Crippen molar-refractivity contribution in [3.05, 3.63) is 22.4 Å². The minimum absolute atomic E-state index is 0.293. The zero-order valence-electron chi connectivity index (χ0n) is 7.84. The van der Waals surface area contributed by atoms with E-state index in [0.29, 0.717) is 5.41 Å². The van der Waals surface area contributed by atoms with Crippen molar-refractivity contribution in [1.82, 2.24) is 0 Å². The molecule has 0 fully saturated rings. The molecule has 0 aliphatic rings. The van der Waals surface area contributed by atoms with E-state index in [1.54, 1.807) is 11.3 Å². The van der Waals surface area contributed by atoms with Gasteiger partial charge in [0.05, 0.1) is 0 Å². The van der Waals surface area contributed by atoms with Gasteiger partial charge in [0.1, 0.15) is 0 Å². The molecule has 0 aliphatic heterocycles. The molecular weight excluding hydrogens is 166 g/mol. The van der Waals surface area contributed by atoms with E-state index < -0.39 is 0 Å². The molecule has 0 saturated heterocycles. The first kappa shape index (κ1) is 9.75. The van der Waals surface area contributed by atoms with Crippen LogP contribution in [0, 0.1) is 5.41 Å². The van der Waals surface area contributed by atoms with Gasteiger partial charge in [0.25, 0.3) is 0 Å². The number of nitrogens with two attached hydrogens (primary N) is 1. The maximum Gasteiger partial charge on any atom is -0.00201 e. The molecule has 0 aliphatic carbocycles. The summed E-state index contributed by atoms with van der Waals surface area (Å²) in [7, 11) is 0. The average molecular weight is 183 g/mol. The molecule has 1 aromatic rings. The molecule has 0 amide bonds. The van der Waals surface area contributed by atoms with Crippen LogP contribution in [0.2, 0.25) is 0 Å². The summed E-state index contributed by atoms with van der Waals surface area (Å²) in [5.74, 6) is 0. The van der Waals surface area contributed by atoms with E-state index in [0.717, 1.165) is 19.4 Å². The Balaban J connectivity index is 2.60. The molecular formula is C10H17NS. The molecule has 1 heterocycles. The van der Waals surface area contributed by atoms with Crippen LogP contribution in [0.15, 0.2) is 16.8 Å². The summed E-state index contributed by atoms with van der Waals surface area (Å²) < 4.78 is 0. The van der Waals surface area contributed by atoms with Crippen LogP contribution >= 0.6 is 11.3 Å². The number of hydrogen-bond acceptors (Lipinski definition) is 2. The summed E-state index contributed by atoms with van der Waals surface area (Å²) in [5, 5.41) is 4.34. The Labute approximate surface area is 78.6 Å². The summed E-state index contributed by atoms with van der Waals surface area (Å²) in [6.07, 6.45) is 2.27. The van der Waals surface area contributed by atoms with Gasteiger partial charge in [-0.2, -0.15) is 11.3 Å². The minimum Gasteiger partial charge on any atom is -0.330 e. The van der Waals surface area contributed by atoms with Gasteiger partial charge < -0.3 is 5.73 Å². The molecule has 0 spiro atoms. The van der Waals surface area contributed by atoms with Crippen molar-refractivity contribution in [2.24, 2.45) is 11.1 Å². The van der Waals surface area contributed by atoms with Gasteiger partial charge in [-0.25, -0.2) is 0 Å². The van der Waals surface area contributed by atoms with Crippen molar-refractivity contribution in [2.45, 2.75) is 26.7 Å². The summed E-state index contributed by atoms with van der Waals surface area (Å²) in [5.41, 5.74) is 7.46. The summed E-state index contributed by atoms with van der Waals surface area (Å²) >= 11 is 1.76. The third-order valence-corrected chi connectivity index (χ3v) is 3.29. The molecule has 0 radical (unpaired) electrons. The summed E-state index contributed by atoms with van der Waals surface area (Å²) in [6, 6.07) is 2.19. The summed E-state index contributed by atoms with van der Waals surface area (Å²) in [4.78, 5) is 0. The standard InChI is InChI=1S/C10H17NS/c1-3-10(2,8-11)6-9-4-5-12-7-9/h4-5,7H,3,6,8,11H2,1-2H3. The van der Waals surface area contributed by atoms with Gasteiger partial charge in [-0.3, -0.25) is 0 Å². The predicted octanol–water partition coefficient (Wildman–Crippen LogP) is 2.67. The van der Waals surface area contributed by atoms with Gasteiger partial charge in [-0.05, 0) is 47.2 Å².